The summed E-state index contributed by atoms with van der Waals surface area (Å²) in [6.07, 6.45) is 1.61. The molecule has 2 rings (SSSR count). The van der Waals surface area contributed by atoms with Crippen molar-refractivity contribution >= 4 is 5.97 Å². The van der Waals surface area contributed by atoms with Crippen LogP contribution in [0.4, 0.5) is 0 Å². The van der Waals surface area contributed by atoms with Gasteiger partial charge in [0.25, 0.3) is 0 Å². The highest BCUT2D eigenvalue weighted by Gasteiger charge is 2.12. The Kier molecular flexibility index (Phi) is 3.58. The number of carboxylic acid groups (broad SMARTS) is 1. The maximum atomic E-state index is 10.5. The van der Waals surface area contributed by atoms with Crippen LogP contribution in [0.3, 0.4) is 0 Å². The van der Waals surface area contributed by atoms with Crippen molar-refractivity contribution in [1.82, 2.24) is 10.2 Å². The number of carbonyl (C=O) groups is 1. The molecule has 1 aliphatic heterocycles. The average Bonchev–Trinajstić information content (AvgIpc) is 2.66. The van der Waals surface area contributed by atoms with Crippen LogP contribution in [-0.2, 0) is 17.8 Å². The molecule has 0 radical (unpaired) electrons. The van der Waals surface area contributed by atoms with E-state index in [2.05, 4.69) is 10.2 Å². The fraction of sp³-hybridized carbons (Fsp3) is 0.545. The quantitative estimate of drug-likeness (QED) is 0.770. The maximum absolute atomic E-state index is 10.5. The van der Waals surface area contributed by atoms with Gasteiger partial charge in [-0.3, -0.25) is 9.69 Å². The predicted molar refractivity (Wildman–Crippen MR) is 58.2 cm³/mol. The number of carboxylic acids is 1. The Hall–Kier alpha value is -1.33. The summed E-state index contributed by atoms with van der Waals surface area (Å²) < 4.78 is 5.19. The first-order chi connectivity index (χ1) is 7.74. The first-order valence-corrected chi connectivity index (χ1v) is 5.45. The summed E-state index contributed by atoms with van der Waals surface area (Å²) in [5.41, 5.74) is 1.05. The molecule has 0 saturated carbocycles. The number of aliphatic carboxylic acids is 1. The third kappa shape index (κ3) is 3.08. The minimum atomic E-state index is -0.858. The molecule has 0 amide bonds. The second-order valence-corrected chi connectivity index (χ2v) is 4.02. The number of hydrogen-bond acceptors (Lipinski definition) is 4. The van der Waals surface area contributed by atoms with Gasteiger partial charge in [0, 0.05) is 38.3 Å². The smallest absolute Gasteiger partial charge is 0.311 e. The molecule has 2 N–H and O–H groups in total. The molecule has 0 aromatic carbocycles. The van der Waals surface area contributed by atoms with E-state index >= 15 is 0 Å². The van der Waals surface area contributed by atoms with Gasteiger partial charge in [0.05, 0.1) is 6.26 Å². The van der Waals surface area contributed by atoms with Gasteiger partial charge in [0.15, 0.2) is 0 Å². The van der Waals surface area contributed by atoms with Gasteiger partial charge in [0.1, 0.15) is 12.2 Å². The zero-order valence-electron chi connectivity index (χ0n) is 9.11. The Morgan fingerprint density at radius 1 is 1.50 bits per heavy atom. The largest absolute Gasteiger partial charge is 0.481 e. The highest BCUT2D eigenvalue weighted by atomic mass is 16.4. The summed E-state index contributed by atoms with van der Waals surface area (Å²) in [7, 11) is 0. The van der Waals surface area contributed by atoms with E-state index in [0.717, 1.165) is 38.3 Å². The zero-order valence-corrected chi connectivity index (χ0v) is 9.11. The molecule has 88 valence electrons. The van der Waals surface area contributed by atoms with Gasteiger partial charge >= 0.3 is 5.97 Å². The van der Waals surface area contributed by atoms with Crippen LogP contribution in [-0.4, -0.2) is 42.2 Å². The van der Waals surface area contributed by atoms with Gasteiger partial charge in [-0.2, -0.15) is 0 Å². The minimum absolute atomic E-state index is 0.0401. The van der Waals surface area contributed by atoms with Crippen LogP contribution < -0.4 is 5.32 Å². The molecule has 0 aliphatic carbocycles. The molecule has 0 atom stereocenters. The average molecular weight is 224 g/mol. The Morgan fingerprint density at radius 2 is 2.25 bits per heavy atom. The van der Waals surface area contributed by atoms with Crippen molar-refractivity contribution in [2.24, 2.45) is 0 Å². The van der Waals surface area contributed by atoms with Crippen LogP contribution >= 0.6 is 0 Å². The fourth-order valence-corrected chi connectivity index (χ4v) is 1.88. The van der Waals surface area contributed by atoms with E-state index in [4.69, 9.17) is 9.52 Å². The molecule has 0 unspecified atom stereocenters. The van der Waals surface area contributed by atoms with Crippen LogP contribution in [0, 0.1) is 0 Å². The molecular formula is C11H16N2O3. The summed E-state index contributed by atoms with van der Waals surface area (Å²) >= 11 is 0. The molecule has 0 spiro atoms. The van der Waals surface area contributed by atoms with E-state index in [9.17, 15) is 4.79 Å². The van der Waals surface area contributed by atoms with Crippen molar-refractivity contribution < 1.29 is 14.3 Å². The van der Waals surface area contributed by atoms with E-state index in [0.29, 0.717) is 5.76 Å². The molecule has 1 saturated heterocycles. The minimum Gasteiger partial charge on any atom is -0.481 e. The Labute approximate surface area is 94.0 Å². The van der Waals surface area contributed by atoms with Crippen molar-refractivity contribution in [1.29, 1.82) is 0 Å². The number of piperazine rings is 1. The zero-order chi connectivity index (χ0) is 11.4. The van der Waals surface area contributed by atoms with E-state index in [1.165, 1.54) is 0 Å². The van der Waals surface area contributed by atoms with Crippen LogP contribution in [0.1, 0.15) is 11.3 Å². The summed E-state index contributed by atoms with van der Waals surface area (Å²) in [5.74, 6) is -0.333. The van der Waals surface area contributed by atoms with E-state index in [-0.39, 0.29) is 6.42 Å². The molecule has 0 bridgehead atoms. The van der Waals surface area contributed by atoms with Crippen LogP contribution in [0.2, 0.25) is 0 Å². The molecular weight excluding hydrogens is 208 g/mol. The molecule has 1 aromatic rings. The Bertz CT molecular complexity index is 356. The summed E-state index contributed by atoms with van der Waals surface area (Å²) in [4.78, 5) is 12.8. The van der Waals surface area contributed by atoms with Gasteiger partial charge < -0.3 is 14.8 Å². The highest BCUT2D eigenvalue weighted by Crippen LogP contribution is 2.11. The van der Waals surface area contributed by atoms with Crippen LogP contribution in [0.25, 0.3) is 0 Å². The number of hydrogen-bond donors (Lipinski definition) is 2. The first-order valence-electron chi connectivity index (χ1n) is 5.45. The SMILES string of the molecule is O=C(O)Cc1cc(CN2CCNCC2)co1. The third-order valence-corrected chi connectivity index (χ3v) is 2.65. The van der Waals surface area contributed by atoms with E-state index in [1.807, 2.05) is 6.07 Å². The Morgan fingerprint density at radius 3 is 2.94 bits per heavy atom. The predicted octanol–water partition coefficient (Wildman–Crippen LogP) is 0.312. The van der Waals surface area contributed by atoms with Crippen LogP contribution in [0.15, 0.2) is 16.7 Å². The maximum Gasteiger partial charge on any atom is 0.311 e. The molecule has 16 heavy (non-hydrogen) atoms. The Balaban J connectivity index is 1.88. The number of furan rings is 1. The standard InChI is InChI=1S/C11H16N2O3/c14-11(15)6-10-5-9(8-16-10)7-13-3-1-12-2-4-13/h5,8,12H,1-4,6-7H2,(H,14,15). The van der Waals surface area contributed by atoms with Gasteiger partial charge in [-0.05, 0) is 6.07 Å². The highest BCUT2D eigenvalue weighted by molar-refractivity contribution is 5.69. The number of nitrogens with zero attached hydrogens (tertiary/aromatic N) is 1. The lowest BCUT2D eigenvalue weighted by Crippen LogP contribution is -2.42. The number of nitrogens with one attached hydrogen (secondary N) is 1. The summed E-state index contributed by atoms with van der Waals surface area (Å²) in [6.45, 7) is 4.92. The second kappa shape index (κ2) is 5.14. The molecule has 5 heteroatoms. The molecule has 2 heterocycles. The van der Waals surface area contributed by atoms with Gasteiger partial charge in [-0.15, -0.1) is 0 Å². The third-order valence-electron chi connectivity index (χ3n) is 2.65. The summed E-state index contributed by atoms with van der Waals surface area (Å²) in [6, 6.07) is 1.83. The molecule has 1 aliphatic rings. The molecule has 5 nitrogen and oxygen atoms in total. The van der Waals surface area contributed by atoms with Crippen molar-refractivity contribution in [3.8, 4) is 0 Å². The van der Waals surface area contributed by atoms with Crippen molar-refractivity contribution in [2.45, 2.75) is 13.0 Å². The van der Waals surface area contributed by atoms with Gasteiger partial charge in [-0.1, -0.05) is 0 Å². The summed E-state index contributed by atoms with van der Waals surface area (Å²) in [5, 5.41) is 11.9. The fourth-order valence-electron chi connectivity index (χ4n) is 1.88. The van der Waals surface area contributed by atoms with Gasteiger partial charge in [0.2, 0.25) is 0 Å². The normalized spacial score (nSPS) is 17.5. The monoisotopic (exact) mass is 224 g/mol. The van der Waals surface area contributed by atoms with Crippen molar-refractivity contribution in [3.63, 3.8) is 0 Å². The number of rotatable bonds is 4. The topological polar surface area (TPSA) is 65.7 Å². The van der Waals surface area contributed by atoms with Gasteiger partial charge in [-0.25, -0.2) is 0 Å². The molecule has 1 fully saturated rings. The first kappa shape index (κ1) is 11.2. The van der Waals surface area contributed by atoms with Crippen LogP contribution in [0.5, 0.6) is 0 Å². The lowest BCUT2D eigenvalue weighted by Gasteiger charge is -2.26. The van der Waals surface area contributed by atoms with Crippen molar-refractivity contribution in [2.75, 3.05) is 26.2 Å². The van der Waals surface area contributed by atoms with E-state index in [1.54, 1.807) is 6.26 Å². The molecule has 1 aromatic heterocycles. The lowest BCUT2D eigenvalue weighted by atomic mass is 10.2. The van der Waals surface area contributed by atoms with Crippen molar-refractivity contribution in [3.05, 3.63) is 23.7 Å². The van der Waals surface area contributed by atoms with E-state index < -0.39 is 5.97 Å². The lowest BCUT2D eigenvalue weighted by molar-refractivity contribution is -0.136. The second-order valence-electron chi connectivity index (χ2n) is 4.02.